The van der Waals surface area contributed by atoms with Gasteiger partial charge in [0, 0.05) is 0 Å². The Hall–Kier alpha value is -1.42. The van der Waals surface area contributed by atoms with Gasteiger partial charge in [-0.2, -0.15) is 0 Å². The summed E-state index contributed by atoms with van der Waals surface area (Å²) in [7, 11) is -1.49. The SMILES string of the molecule is C[Si](C)(C[C@H]1CC[C@H](C(O)c2ccccc2)O1)c1ccccc1. The largest absolute Gasteiger partial charge is 0.386 e. The van der Waals surface area contributed by atoms with Crippen molar-refractivity contribution in [1.82, 2.24) is 0 Å². The quantitative estimate of drug-likeness (QED) is 0.845. The average molecular weight is 327 g/mol. The van der Waals surface area contributed by atoms with Gasteiger partial charge in [-0.05, 0) is 24.4 Å². The molecule has 1 N–H and O–H groups in total. The summed E-state index contributed by atoms with van der Waals surface area (Å²) in [4.78, 5) is 0. The van der Waals surface area contributed by atoms with Crippen LogP contribution in [-0.4, -0.2) is 25.4 Å². The smallest absolute Gasteiger partial charge is 0.105 e. The zero-order chi connectivity index (χ0) is 16.3. The molecule has 2 nitrogen and oxygen atoms in total. The Bertz CT molecular complexity index is 612. The lowest BCUT2D eigenvalue weighted by Gasteiger charge is -2.27. The van der Waals surface area contributed by atoms with Crippen LogP contribution in [0.25, 0.3) is 0 Å². The first-order valence-corrected chi connectivity index (χ1v) is 11.7. The number of aliphatic hydroxyl groups excluding tert-OH is 1. The fourth-order valence-corrected chi connectivity index (χ4v) is 6.33. The lowest BCUT2D eigenvalue weighted by molar-refractivity contribution is -0.0300. The summed E-state index contributed by atoms with van der Waals surface area (Å²) in [5.41, 5.74) is 0.956. The van der Waals surface area contributed by atoms with Gasteiger partial charge in [-0.3, -0.25) is 0 Å². The average Bonchev–Trinajstić information content (AvgIpc) is 3.03. The minimum absolute atomic E-state index is 0.0667. The van der Waals surface area contributed by atoms with E-state index >= 15 is 0 Å². The molecule has 122 valence electrons. The van der Waals surface area contributed by atoms with Crippen LogP contribution in [0.15, 0.2) is 60.7 Å². The Kier molecular flexibility index (Phi) is 5.00. The number of ether oxygens (including phenoxy) is 1. The van der Waals surface area contributed by atoms with Gasteiger partial charge in [-0.1, -0.05) is 78.9 Å². The first-order valence-electron chi connectivity index (χ1n) is 8.50. The standard InChI is InChI=1S/C20H26O2Si/c1-23(2,18-11-7-4-8-12-18)15-17-13-14-19(22-17)20(21)16-9-5-3-6-10-16/h3-12,17,19-21H,13-15H2,1-2H3/t17-,19-,20?/m1/s1. The molecule has 0 spiro atoms. The number of aliphatic hydroxyl groups is 1. The van der Waals surface area contributed by atoms with E-state index < -0.39 is 14.2 Å². The summed E-state index contributed by atoms with van der Waals surface area (Å²) in [6.07, 6.45) is 1.70. The van der Waals surface area contributed by atoms with Crippen molar-refractivity contribution in [3.8, 4) is 0 Å². The van der Waals surface area contributed by atoms with Crippen molar-refractivity contribution in [2.45, 2.75) is 50.3 Å². The molecule has 1 saturated heterocycles. The van der Waals surface area contributed by atoms with Gasteiger partial charge in [-0.15, -0.1) is 0 Å². The highest BCUT2D eigenvalue weighted by Gasteiger charge is 2.36. The Morgan fingerprint density at radius 3 is 2.26 bits per heavy atom. The topological polar surface area (TPSA) is 29.5 Å². The predicted octanol–water partition coefficient (Wildman–Crippen LogP) is 3.88. The molecular formula is C20H26O2Si. The molecule has 0 bridgehead atoms. The summed E-state index contributed by atoms with van der Waals surface area (Å²) < 4.78 is 6.22. The molecule has 3 rings (SSSR count). The summed E-state index contributed by atoms with van der Waals surface area (Å²) >= 11 is 0. The van der Waals surface area contributed by atoms with Gasteiger partial charge in [-0.25, -0.2) is 0 Å². The van der Waals surface area contributed by atoms with Crippen molar-refractivity contribution < 1.29 is 9.84 Å². The van der Waals surface area contributed by atoms with Gasteiger partial charge in [0.15, 0.2) is 0 Å². The van der Waals surface area contributed by atoms with E-state index in [4.69, 9.17) is 4.74 Å². The second-order valence-corrected chi connectivity index (χ2v) is 11.9. The molecule has 0 aliphatic carbocycles. The number of hydrogen-bond acceptors (Lipinski definition) is 2. The van der Waals surface area contributed by atoms with E-state index in [0.29, 0.717) is 0 Å². The third-order valence-electron chi connectivity index (χ3n) is 4.93. The fourth-order valence-electron chi connectivity index (χ4n) is 3.56. The van der Waals surface area contributed by atoms with Gasteiger partial charge in [0.1, 0.15) is 6.10 Å². The van der Waals surface area contributed by atoms with E-state index in [1.807, 2.05) is 30.3 Å². The van der Waals surface area contributed by atoms with Crippen LogP contribution in [0.4, 0.5) is 0 Å². The molecule has 1 fully saturated rings. The highest BCUT2D eigenvalue weighted by Crippen LogP contribution is 2.33. The zero-order valence-corrected chi connectivity index (χ0v) is 15.0. The van der Waals surface area contributed by atoms with Crippen LogP contribution in [-0.2, 0) is 4.74 Å². The van der Waals surface area contributed by atoms with Crippen molar-refractivity contribution in [2.24, 2.45) is 0 Å². The van der Waals surface area contributed by atoms with Crippen LogP contribution >= 0.6 is 0 Å². The molecule has 23 heavy (non-hydrogen) atoms. The monoisotopic (exact) mass is 326 g/mol. The molecule has 0 amide bonds. The molecular weight excluding hydrogens is 300 g/mol. The minimum atomic E-state index is -1.49. The van der Waals surface area contributed by atoms with Crippen molar-refractivity contribution >= 4 is 13.3 Å². The molecule has 1 heterocycles. The van der Waals surface area contributed by atoms with Crippen LogP contribution < -0.4 is 5.19 Å². The predicted molar refractivity (Wildman–Crippen MR) is 97.7 cm³/mol. The van der Waals surface area contributed by atoms with E-state index in [1.165, 1.54) is 5.19 Å². The first kappa shape index (κ1) is 16.4. The molecule has 1 aliphatic rings. The second kappa shape index (κ2) is 6.99. The molecule has 2 aromatic rings. The van der Waals surface area contributed by atoms with Gasteiger partial charge in [0.2, 0.25) is 0 Å². The van der Waals surface area contributed by atoms with Gasteiger partial charge in [0.05, 0.1) is 20.3 Å². The maximum absolute atomic E-state index is 10.5. The van der Waals surface area contributed by atoms with E-state index in [-0.39, 0.29) is 12.2 Å². The van der Waals surface area contributed by atoms with E-state index in [2.05, 4.69) is 43.4 Å². The van der Waals surface area contributed by atoms with Gasteiger partial charge in [0.25, 0.3) is 0 Å². The molecule has 0 saturated carbocycles. The Balaban J connectivity index is 1.62. The number of hydrogen-bond donors (Lipinski definition) is 1. The maximum atomic E-state index is 10.5. The van der Waals surface area contributed by atoms with E-state index in [1.54, 1.807) is 0 Å². The summed E-state index contributed by atoms with van der Waals surface area (Å²) in [6, 6.07) is 21.8. The maximum Gasteiger partial charge on any atom is 0.105 e. The summed E-state index contributed by atoms with van der Waals surface area (Å²) in [6.45, 7) is 4.82. The molecule has 0 aromatic heterocycles. The Labute approximate surface area is 140 Å². The van der Waals surface area contributed by atoms with Crippen LogP contribution in [0.5, 0.6) is 0 Å². The summed E-state index contributed by atoms with van der Waals surface area (Å²) in [5, 5.41) is 12.0. The number of benzene rings is 2. The highest BCUT2D eigenvalue weighted by atomic mass is 28.3. The zero-order valence-electron chi connectivity index (χ0n) is 14.0. The summed E-state index contributed by atoms with van der Waals surface area (Å²) in [5.74, 6) is 0. The highest BCUT2D eigenvalue weighted by molar-refractivity contribution is 6.89. The normalized spacial score (nSPS) is 22.9. The molecule has 3 atom stereocenters. The fraction of sp³-hybridized carbons (Fsp3) is 0.400. The first-order chi connectivity index (χ1) is 11.1. The third kappa shape index (κ3) is 3.92. The van der Waals surface area contributed by atoms with Crippen molar-refractivity contribution in [3.63, 3.8) is 0 Å². The van der Waals surface area contributed by atoms with E-state index in [9.17, 15) is 5.11 Å². The third-order valence-corrected chi connectivity index (χ3v) is 8.30. The molecule has 0 radical (unpaired) electrons. The molecule has 1 aliphatic heterocycles. The van der Waals surface area contributed by atoms with Crippen molar-refractivity contribution in [1.29, 1.82) is 0 Å². The Morgan fingerprint density at radius 2 is 1.61 bits per heavy atom. The Morgan fingerprint density at radius 1 is 1.00 bits per heavy atom. The van der Waals surface area contributed by atoms with Crippen LogP contribution in [0, 0.1) is 0 Å². The van der Waals surface area contributed by atoms with Crippen molar-refractivity contribution in [3.05, 3.63) is 66.2 Å². The van der Waals surface area contributed by atoms with Crippen LogP contribution in [0.3, 0.4) is 0 Å². The minimum Gasteiger partial charge on any atom is -0.386 e. The van der Waals surface area contributed by atoms with E-state index in [0.717, 1.165) is 24.4 Å². The number of rotatable bonds is 5. The molecule has 1 unspecified atom stereocenters. The van der Waals surface area contributed by atoms with Crippen LogP contribution in [0.2, 0.25) is 19.1 Å². The second-order valence-electron chi connectivity index (χ2n) is 7.18. The van der Waals surface area contributed by atoms with Gasteiger partial charge < -0.3 is 9.84 Å². The van der Waals surface area contributed by atoms with Gasteiger partial charge >= 0.3 is 0 Å². The van der Waals surface area contributed by atoms with Crippen molar-refractivity contribution in [2.75, 3.05) is 0 Å². The lowest BCUT2D eigenvalue weighted by atomic mass is 10.0. The molecule has 3 heteroatoms. The molecule has 2 aromatic carbocycles. The van der Waals surface area contributed by atoms with Crippen LogP contribution in [0.1, 0.15) is 24.5 Å². The lowest BCUT2D eigenvalue weighted by Crippen LogP contribution is -2.44.